The van der Waals surface area contributed by atoms with Crippen molar-refractivity contribution in [3.63, 3.8) is 0 Å². The number of pyridine rings is 1. The molecular weight excluding hydrogens is 272 g/mol. The van der Waals surface area contributed by atoms with Crippen LogP contribution in [0.4, 0.5) is 0 Å². The number of hydrogen-bond donors (Lipinski definition) is 1. The maximum atomic E-state index is 6.04. The Hall–Kier alpha value is -1.58. The van der Waals surface area contributed by atoms with Gasteiger partial charge in [0.2, 0.25) is 0 Å². The molecule has 1 atom stereocenters. The zero-order chi connectivity index (χ0) is 14.5. The van der Waals surface area contributed by atoms with Crippen molar-refractivity contribution in [2.45, 2.75) is 19.9 Å². The third kappa shape index (κ3) is 3.30. The molecule has 1 N–H and O–H groups in total. The van der Waals surface area contributed by atoms with E-state index in [1.807, 2.05) is 37.5 Å². The fraction of sp³-hybridized carbons (Fsp3) is 0.312. The molecule has 106 valence electrons. The van der Waals surface area contributed by atoms with E-state index in [0.717, 1.165) is 29.0 Å². The Labute approximate surface area is 124 Å². The van der Waals surface area contributed by atoms with Crippen molar-refractivity contribution in [2.75, 3.05) is 13.7 Å². The van der Waals surface area contributed by atoms with E-state index in [2.05, 4.69) is 23.3 Å². The Balaban J connectivity index is 2.48. The van der Waals surface area contributed by atoms with Crippen molar-refractivity contribution in [1.82, 2.24) is 10.3 Å². The second kappa shape index (κ2) is 6.73. The zero-order valence-corrected chi connectivity index (χ0v) is 12.7. The highest BCUT2D eigenvalue weighted by Gasteiger charge is 2.18. The van der Waals surface area contributed by atoms with Crippen LogP contribution < -0.4 is 10.1 Å². The largest absolute Gasteiger partial charge is 0.496 e. The fourth-order valence-corrected chi connectivity index (χ4v) is 2.43. The Morgan fingerprint density at radius 1 is 1.30 bits per heavy atom. The predicted octanol–water partition coefficient (Wildman–Crippen LogP) is 3.75. The maximum absolute atomic E-state index is 6.04. The Morgan fingerprint density at radius 2 is 2.10 bits per heavy atom. The lowest BCUT2D eigenvalue weighted by Crippen LogP contribution is -2.22. The van der Waals surface area contributed by atoms with E-state index in [-0.39, 0.29) is 6.04 Å². The lowest BCUT2D eigenvalue weighted by atomic mass is 9.98. The van der Waals surface area contributed by atoms with Crippen LogP contribution in [0.1, 0.15) is 29.7 Å². The number of aromatic nitrogens is 1. The molecular formula is C16H19ClN2O. The number of ether oxygens (including phenoxy) is 1. The van der Waals surface area contributed by atoms with Crippen LogP contribution in [0.3, 0.4) is 0 Å². The number of halogens is 1. The number of nitrogens with one attached hydrogen (secondary N) is 1. The molecule has 0 aliphatic carbocycles. The van der Waals surface area contributed by atoms with Gasteiger partial charge in [-0.2, -0.15) is 0 Å². The third-order valence-corrected chi connectivity index (χ3v) is 3.38. The first kappa shape index (κ1) is 14.8. The lowest BCUT2D eigenvalue weighted by Gasteiger charge is -2.21. The highest BCUT2D eigenvalue weighted by molar-refractivity contribution is 6.30. The number of benzene rings is 1. The molecule has 0 fully saturated rings. The molecule has 0 saturated carbocycles. The number of aryl methyl sites for hydroxylation is 1. The summed E-state index contributed by atoms with van der Waals surface area (Å²) in [7, 11) is 1.66. The SMILES string of the molecule is CCNC(c1cncc(C)c1)c1ccc(Cl)cc1OC. The molecule has 1 aromatic carbocycles. The van der Waals surface area contributed by atoms with Crippen molar-refractivity contribution in [3.8, 4) is 5.75 Å². The maximum Gasteiger partial charge on any atom is 0.125 e. The van der Waals surface area contributed by atoms with Crippen LogP contribution in [0.15, 0.2) is 36.7 Å². The van der Waals surface area contributed by atoms with Crippen LogP contribution in [0.25, 0.3) is 0 Å². The summed E-state index contributed by atoms with van der Waals surface area (Å²) in [5.74, 6) is 0.782. The molecule has 0 aliphatic rings. The Morgan fingerprint density at radius 3 is 2.75 bits per heavy atom. The molecule has 0 saturated heterocycles. The molecule has 0 aliphatic heterocycles. The first-order chi connectivity index (χ1) is 9.65. The summed E-state index contributed by atoms with van der Waals surface area (Å²) < 4.78 is 5.46. The number of rotatable bonds is 5. The second-order valence-electron chi connectivity index (χ2n) is 4.67. The van der Waals surface area contributed by atoms with Crippen LogP contribution in [0.5, 0.6) is 5.75 Å². The minimum atomic E-state index is 0.0413. The molecule has 1 aromatic heterocycles. The lowest BCUT2D eigenvalue weighted by molar-refractivity contribution is 0.404. The van der Waals surface area contributed by atoms with Gasteiger partial charge in [-0.1, -0.05) is 30.7 Å². The average Bonchev–Trinajstić information content (AvgIpc) is 2.45. The highest BCUT2D eigenvalue weighted by atomic mass is 35.5. The summed E-state index contributed by atoms with van der Waals surface area (Å²) >= 11 is 6.04. The Bertz CT molecular complexity index is 586. The minimum Gasteiger partial charge on any atom is -0.496 e. The average molecular weight is 291 g/mol. The molecule has 3 nitrogen and oxygen atoms in total. The van der Waals surface area contributed by atoms with Crippen LogP contribution >= 0.6 is 11.6 Å². The summed E-state index contributed by atoms with van der Waals surface area (Å²) in [6.45, 7) is 4.97. The predicted molar refractivity (Wildman–Crippen MR) is 82.5 cm³/mol. The van der Waals surface area contributed by atoms with Gasteiger partial charge in [-0.15, -0.1) is 0 Å². The number of nitrogens with zero attached hydrogens (tertiary/aromatic N) is 1. The van der Waals surface area contributed by atoms with Crippen molar-refractivity contribution in [2.24, 2.45) is 0 Å². The van der Waals surface area contributed by atoms with Gasteiger partial charge < -0.3 is 10.1 Å². The van der Waals surface area contributed by atoms with Gasteiger partial charge in [0.15, 0.2) is 0 Å². The van der Waals surface area contributed by atoms with Crippen molar-refractivity contribution in [3.05, 3.63) is 58.4 Å². The number of methoxy groups -OCH3 is 1. The molecule has 2 aromatic rings. The second-order valence-corrected chi connectivity index (χ2v) is 5.11. The van der Waals surface area contributed by atoms with E-state index in [9.17, 15) is 0 Å². The van der Waals surface area contributed by atoms with Gasteiger partial charge in [0.1, 0.15) is 5.75 Å². The fourth-order valence-electron chi connectivity index (χ4n) is 2.27. The summed E-state index contributed by atoms with van der Waals surface area (Å²) in [6.07, 6.45) is 3.74. The van der Waals surface area contributed by atoms with E-state index in [1.165, 1.54) is 0 Å². The van der Waals surface area contributed by atoms with Crippen LogP contribution in [-0.2, 0) is 0 Å². The van der Waals surface area contributed by atoms with E-state index < -0.39 is 0 Å². The van der Waals surface area contributed by atoms with Gasteiger partial charge in [0.25, 0.3) is 0 Å². The van der Waals surface area contributed by atoms with E-state index >= 15 is 0 Å². The molecule has 0 amide bonds. The first-order valence-corrected chi connectivity index (χ1v) is 7.02. The monoisotopic (exact) mass is 290 g/mol. The first-order valence-electron chi connectivity index (χ1n) is 6.64. The van der Waals surface area contributed by atoms with Crippen molar-refractivity contribution in [1.29, 1.82) is 0 Å². The van der Waals surface area contributed by atoms with Gasteiger partial charge in [0.05, 0.1) is 13.2 Å². The summed E-state index contributed by atoms with van der Waals surface area (Å²) in [5, 5.41) is 4.14. The van der Waals surface area contributed by atoms with Crippen LogP contribution in [-0.4, -0.2) is 18.6 Å². The molecule has 1 heterocycles. The molecule has 0 bridgehead atoms. The zero-order valence-electron chi connectivity index (χ0n) is 12.0. The van der Waals surface area contributed by atoms with E-state index in [4.69, 9.17) is 16.3 Å². The molecule has 2 rings (SSSR count). The smallest absolute Gasteiger partial charge is 0.125 e. The summed E-state index contributed by atoms with van der Waals surface area (Å²) in [6, 6.07) is 7.89. The molecule has 20 heavy (non-hydrogen) atoms. The Kier molecular flexibility index (Phi) is 4.99. The van der Waals surface area contributed by atoms with Gasteiger partial charge in [-0.3, -0.25) is 4.98 Å². The van der Waals surface area contributed by atoms with Gasteiger partial charge in [-0.05, 0) is 36.7 Å². The molecule has 0 spiro atoms. The molecule has 1 unspecified atom stereocenters. The van der Waals surface area contributed by atoms with Gasteiger partial charge >= 0.3 is 0 Å². The topological polar surface area (TPSA) is 34.2 Å². The summed E-state index contributed by atoms with van der Waals surface area (Å²) in [5.41, 5.74) is 3.32. The molecule has 4 heteroatoms. The van der Waals surface area contributed by atoms with Crippen molar-refractivity contribution < 1.29 is 4.74 Å². The van der Waals surface area contributed by atoms with E-state index in [1.54, 1.807) is 7.11 Å². The normalized spacial score (nSPS) is 12.2. The van der Waals surface area contributed by atoms with Gasteiger partial charge in [-0.25, -0.2) is 0 Å². The van der Waals surface area contributed by atoms with Crippen LogP contribution in [0.2, 0.25) is 5.02 Å². The van der Waals surface area contributed by atoms with E-state index in [0.29, 0.717) is 5.02 Å². The highest BCUT2D eigenvalue weighted by Crippen LogP contribution is 2.32. The van der Waals surface area contributed by atoms with Crippen LogP contribution in [0, 0.1) is 6.92 Å². The standard InChI is InChI=1S/C16H19ClN2O/c1-4-19-16(12-7-11(2)9-18-10-12)14-6-5-13(17)8-15(14)20-3/h5-10,16,19H,4H2,1-3H3. The minimum absolute atomic E-state index is 0.0413. The van der Waals surface area contributed by atoms with Crippen molar-refractivity contribution >= 4 is 11.6 Å². The quantitative estimate of drug-likeness (QED) is 0.910. The van der Waals surface area contributed by atoms with Gasteiger partial charge in [0, 0.05) is 23.0 Å². The molecule has 0 radical (unpaired) electrons. The summed E-state index contributed by atoms with van der Waals surface area (Å²) in [4.78, 5) is 4.28. The third-order valence-electron chi connectivity index (χ3n) is 3.14. The number of hydrogen-bond acceptors (Lipinski definition) is 3.